The van der Waals surface area contributed by atoms with Crippen molar-refractivity contribution in [3.05, 3.63) is 39.6 Å². The number of rotatable bonds is 5. The Kier molecular flexibility index (Phi) is 4.16. The lowest BCUT2D eigenvalue weighted by Gasteiger charge is -2.13. The number of hydrogen-bond acceptors (Lipinski definition) is 4. The van der Waals surface area contributed by atoms with Crippen molar-refractivity contribution in [2.75, 3.05) is 0 Å². The van der Waals surface area contributed by atoms with E-state index >= 15 is 0 Å². The molecule has 98 valence electrons. The van der Waals surface area contributed by atoms with E-state index in [1.807, 2.05) is 30.8 Å². The molecule has 1 atom stereocenters. The molecule has 2 heterocycles. The van der Waals surface area contributed by atoms with Crippen LogP contribution in [0.4, 0.5) is 0 Å². The maximum absolute atomic E-state index is 5.67. The van der Waals surface area contributed by atoms with Crippen LogP contribution in [0.1, 0.15) is 33.6 Å². The SMILES string of the molecule is Cc1cc(C(CCc2nccn2C)NN)sc1C. The average Bonchev–Trinajstić information content (AvgIpc) is 2.88. The van der Waals surface area contributed by atoms with Gasteiger partial charge in [0.25, 0.3) is 0 Å². The van der Waals surface area contributed by atoms with Crippen LogP contribution >= 0.6 is 11.3 Å². The van der Waals surface area contributed by atoms with E-state index in [9.17, 15) is 0 Å². The van der Waals surface area contributed by atoms with Gasteiger partial charge in [-0.15, -0.1) is 11.3 Å². The lowest BCUT2D eigenvalue weighted by Crippen LogP contribution is -2.28. The molecule has 0 aliphatic rings. The summed E-state index contributed by atoms with van der Waals surface area (Å²) >= 11 is 1.82. The Bertz CT molecular complexity index is 495. The Morgan fingerprint density at radius 3 is 2.78 bits per heavy atom. The van der Waals surface area contributed by atoms with Gasteiger partial charge in [-0.1, -0.05) is 0 Å². The summed E-state index contributed by atoms with van der Waals surface area (Å²) < 4.78 is 2.05. The molecule has 1 unspecified atom stereocenters. The maximum Gasteiger partial charge on any atom is 0.108 e. The summed E-state index contributed by atoms with van der Waals surface area (Å²) in [6.45, 7) is 4.29. The molecule has 0 saturated carbocycles. The summed E-state index contributed by atoms with van der Waals surface area (Å²) in [5.74, 6) is 6.77. The molecule has 0 spiro atoms. The van der Waals surface area contributed by atoms with Gasteiger partial charge >= 0.3 is 0 Å². The second-order valence-electron chi connectivity index (χ2n) is 4.60. The smallest absolute Gasteiger partial charge is 0.108 e. The summed E-state index contributed by atoms with van der Waals surface area (Å²) in [5.41, 5.74) is 4.25. The Morgan fingerprint density at radius 1 is 1.50 bits per heavy atom. The molecule has 2 aromatic heterocycles. The first-order valence-electron chi connectivity index (χ1n) is 6.11. The summed E-state index contributed by atoms with van der Waals surface area (Å²) in [5, 5.41) is 0. The fourth-order valence-corrected chi connectivity index (χ4v) is 3.13. The fourth-order valence-electron chi connectivity index (χ4n) is 1.99. The van der Waals surface area contributed by atoms with E-state index in [1.165, 1.54) is 15.3 Å². The highest BCUT2D eigenvalue weighted by molar-refractivity contribution is 7.12. The van der Waals surface area contributed by atoms with Crippen LogP contribution in [-0.4, -0.2) is 9.55 Å². The molecule has 0 aliphatic carbocycles. The molecular weight excluding hydrogens is 244 g/mol. The molecule has 3 N–H and O–H groups in total. The van der Waals surface area contributed by atoms with Gasteiger partial charge in [0.1, 0.15) is 5.82 Å². The Hall–Kier alpha value is -1.17. The molecule has 0 radical (unpaired) electrons. The van der Waals surface area contributed by atoms with E-state index in [-0.39, 0.29) is 6.04 Å². The molecule has 0 aromatic carbocycles. The minimum absolute atomic E-state index is 0.207. The van der Waals surface area contributed by atoms with Crippen LogP contribution in [0.5, 0.6) is 0 Å². The highest BCUT2D eigenvalue weighted by Crippen LogP contribution is 2.28. The zero-order valence-corrected chi connectivity index (χ0v) is 11.9. The molecule has 0 aliphatic heterocycles. The summed E-state index contributed by atoms with van der Waals surface area (Å²) in [7, 11) is 2.02. The molecule has 4 nitrogen and oxygen atoms in total. The number of hydrazine groups is 1. The van der Waals surface area contributed by atoms with Crippen LogP contribution in [0, 0.1) is 13.8 Å². The van der Waals surface area contributed by atoms with Gasteiger partial charge in [0.2, 0.25) is 0 Å². The number of hydrogen-bond donors (Lipinski definition) is 2. The highest BCUT2D eigenvalue weighted by Gasteiger charge is 2.14. The third-order valence-electron chi connectivity index (χ3n) is 3.31. The minimum Gasteiger partial charge on any atom is -0.338 e. The van der Waals surface area contributed by atoms with Crippen molar-refractivity contribution in [2.24, 2.45) is 12.9 Å². The number of thiophene rings is 1. The number of nitrogens with two attached hydrogens (primary N) is 1. The Morgan fingerprint density at radius 2 is 2.28 bits per heavy atom. The van der Waals surface area contributed by atoms with Gasteiger partial charge in [0.05, 0.1) is 6.04 Å². The third-order valence-corrected chi connectivity index (χ3v) is 4.57. The molecule has 2 rings (SSSR count). The monoisotopic (exact) mass is 264 g/mol. The van der Waals surface area contributed by atoms with Crippen molar-refractivity contribution in [2.45, 2.75) is 32.7 Å². The van der Waals surface area contributed by atoms with Gasteiger partial charge in [-0.05, 0) is 31.9 Å². The Balaban J connectivity index is 2.04. The maximum atomic E-state index is 5.67. The van der Waals surface area contributed by atoms with Gasteiger partial charge in [0, 0.05) is 35.6 Å². The van der Waals surface area contributed by atoms with Crippen molar-refractivity contribution in [1.82, 2.24) is 15.0 Å². The van der Waals surface area contributed by atoms with E-state index in [2.05, 4.69) is 34.9 Å². The summed E-state index contributed by atoms with van der Waals surface area (Å²) in [6.07, 6.45) is 5.69. The van der Waals surface area contributed by atoms with Crippen molar-refractivity contribution in [1.29, 1.82) is 0 Å². The molecule has 0 fully saturated rings. The van der Waals surface area contributed by atoms with Crippen LogP contribution in [0.25, 0.3) is 0 Å². The molecular formula is C13H20N4S. The topological polar surface area (TPSA) is 55.9 Å². The van der Waals surface area contributed by atoms with Gasteiger partial charge in [-0.3, -0.25) is 11.3 Å². The largest absolute Gasteiger partial charge is 0.338 e. The van der Waals surface area contributed by atoms with E-state index in [1.54, 1.807) is 0 Å². The molecule has 2 aromatic rings. The van der Waals surface area contributed by atoms with Crippen LogP contribution in [0.2, 0.25) is 0 Å². The minimum atomic E-state index is 0.207. The van der Waals surface area contributed by atoms with E-state index in [0.717, 1.165) is 18.7 Å². The first kappa shape index (κ1) is 13.3. The number of imidazole rings is 1. The molecule has 18 heavy (non-hydrogen) atoms. The fraction of sp³-hybridized carbons (Fsp3) is 0.462. The quantitative estimate of drug-likeness (QED) is 0.643. The van der Waals surface area contributed by atoms with E-state index < -0.39 is 0 Å². The number of aryl methyl sites for hydroxylation is 4. The normalized spacial score (nSPS) is 12.9. The van der Waals surface area contributed by atoms with Crippen LogP contribution < -0.4 is 11.3 Å². The number of nitrogens with one attached hydrogen (secondary N) is 1. The van der Waals surface area contributed by atoms with Crippen molar-refractivity contribution in [3.8, 4) is 0 Å². The molecule has 0 amide bonds. The average molecular weight is 264 g/mol. The van der Waals surface area contributed by atoms with Gasteiger partial charge in [-0.2, -0.15) is 0 Å². The first-order valence-corrected chi connectivity index (χ1v) is 6.92. The molecule has 5 heteroatoms. The zero-order chi connectivity index (χ0) is 13.1. The number of nitrogens with zero attached hydrogens (tertiary/aromatic N) is 2. The lowest BCUT2D eigenvalue weighted by molar-refractivity contribution is 0.513. The van der Waals surface area contributed by atoms with Crippen molar-refractivity contribution >= 4 is 11.3 Å². The zero-order valence-electron chi connectivity index (χ0n) is 11.1. The second-order valence-corrected chi connectivity index (χ2v) is 5.89. The summed E-state index contributed by atoms with van der Waals surface area (Å²) in [4.78, 5) is 7.01. The second kappa shape index (κ2) is 5.65. The van der Waals surface area contributed by atoms with Crippen molar-refractivity contribution < 1.29 is 0 Å². The predicted octanol–water partition coefficient (Wildman–Crippen LogP) is 2.24. The van der Waals surface area contributed by atoms with Crippen LogP contribution in [0.3, 0.4) is 0 Å². The van der Waals surface area contributed by atoms with Crippen molar-refractivity contribution in [3.63, 3.8) is 0 Å². The van der Waals surface area contributed by atoms with Crippen LogP contribution in [-0.2, 0) is 13.5 Å². The number of aromatic nitrogens is 2. The van der Waals surface area contributed by atoms with Crippen LogP contribution in [0.15, 0.2) is 18.5 Å². The third kappa shape index (κ3) is 2.80. The predicted molar refractivity (Wildman–Crippen MR) is 75.4 cm³/mol. The Labute approximate surface area is 112 Å². The first-order chi connectivity index (χ1) is 8.61. The van der Waals surface area contributed by atoms with Gasteiger partial charge < -0.3 is 4.57 Å². The standard InChI is InChI=1S/C13H20N4S/c1-9-8-12(18-10(9)2)11(16-14)4-5-13-15-6-7-17(13)3/h6-8,11,16H,4-5,14H2,1-3H3. The molecule has 0 saturated heterocycles. The van der Waals surface area contributed by atoms with E-state index in [4.69, 9.17) is 5.84 Å². The summed E-state index contributed by atoms with van der Waals surface area (Å²) in [6, 6.07) is 2.43. The van der Waals surface area contributed by atoms with E-state index in [0.29, 0.717) is 0 Å². The molecule has 0 bridgehead atoms. The van der Waals surface area contributed by atoms with Gasteiger partial charge in [-0.25, -0.2) is 4.98 Å². The highest BCUT2D eigenvalue weighted by atomic mass is 32.1. The lowest BCUT2D eigenvalue weighted by atomic mass is 10.1. The van der Waals surface area contributed by atoms with Gasteiger partial charge in [0.15, 0.2) is 0 Å².